The van der Waals surface area contributed by atoms with Crippen molar-refractivity contribution >= 4 is 28.7 Å². The smallest absolute Gasteiger partial charge is 0.262 e. The van der Waals surface area contributed by atoms with Crippen molar-refractivity contribution in [3.05, 3.63) is 75.6 Å². The fourth-order valence-electron chi connectivity index (χ4n) is 3.91. The summed E-state index contributed by atoms with van der Waals surface area (Å²) in [6, 6.07) is 14.1. The predicted molar refractivity (Wildman–Crippen MR) is 120 cm³/mol. The van der Waals surface area contributed by atoms with Gasteiger partial charge < -0.3 is 10.2 Å². The highest BCUT2D eigenvalue weighted by Gasteiger charge is 2.31. The minimum atomic E-state index is -0.622. The summed E-state index contributed by atoms with van der Waals surface area (Å²) in [5.74, 6) is -0.415. The second-order valence-corrected chi connectivity index (χ2v) is 7.88. The van der Waals surface area contributed by atoms with Crippen LogP contribution in [0.5, 0.6) is 0 Å². The summed E-state index contributed by atoms with van der Waals surface area (Å²) in [4.78, 5) is 41.1. The molecular weight excluding hydrogens is 408 g/mol. The van der Waals surface area contributed by atoms with Crippen molar-refractivity contribution in [3.8, 4) is 17.1 Å². The van der Waals surface area contributed by atoms with Crippen LogP contribution in [0.1, 0.15) is 52.5 Å². The number of amides is 2. The van der Waals surface area contributed by atoms with Crippen molar-refractivity contribution in [1.82, 2.24) is 14.9 Å². The standard InChI is InChI=1S/C24H20N4O4/c1-3-12(2)14-6-9-18-17(10-14)26-24(32-18)13-4-7-15(8-5-13)28-19(29)11-16-20(21(28)25)23(31)27-22(16)30/h4-12H,3,25H2,1-2H3,(H,27,30,31). The number of imide groups is 1. The van der Waals surface area contributed by atoms with Crippen LogP contribution in [0.4, 0.5) is 5.82 Å². The van der Waals surface area contributed by atoms with Crippen molar-refractivity contribution < 1.29 is 14.0 Å². The molecule has 3 heterocycles. The quantitative estimate of drug-likeness (QED) is 0.479. The zero-order valence-electron chi connectivity index (χ0n) is 17.5. The fraction of sp³-hybridized carbons (Fsp3) is 0.167. The Hall–Kier alpha value is -4.20. The predicted octanol–water partition coefficient (Wildman–Crippen LogP) is 3.63. The molecule has 0 saturated heterocycles. The third-order valence-corrected chi connectivity index (χ3v) is 5.92. The molecule has 2 aromatic heterocycles. The Morgan fingerprint density at radius 1 is 1.06 bits per heavy atom. The number of hydrogen-bond donors (Lipinski definition) is 2. The summed E-state index contributed by atoms with van der Waals surface area (Å²) in [6.45, 7) is 4.32. The molecule has 160 valence electrons. The monoisotopic (exact) mass is 428 g/mol. The normalized spacial score (nSPS) is 13.9. The van der Waals surface area contributed by atoms with E-state index >= 15 is 0 Å². The van der Waals surface area contributed by atoms with Gasteiger partial charge in [0.15, 0.2) is 5.58 Å². The van der Waals surface area contributed by atoms with E-state index in [4.69, 9.17) is 10.2 Å². The van der Waals surface area contributed by atoms with Crippen molar-refractivity contribution in [2.24, 2.45) is 0 Å². The number of hydrogen-bond acceptors (Lipinski definition) is 6. The van der Waals surface area contributed by atoms with E-state index in [-0.39, 0.29) is 16.9 Å². The Labute approximate surface area is 182 Å². The van der Waals surface area contributed by atoms with Crippen LogP contribution in [0.25, 0.3) is 28.2 Å². The van der Waals surface area contributed by atoms with E-state index in [2.05, 4.69) is 30.2 Å². The molecule has 2 amide bonds. The molecule has 0 spiro atoms. The molecular formula is C24H20N4O4. The van der Waals surface area contributed by atoms with Gasteiger partial charge in [0.05, 0.1) is 16.8 Å². The second-order valence-electron chi connectivity index (χ2n) is 7.88. The number of carbonyl (C=O) groups is 2. The number of nitrogens with zero attached hydrogens (tertiary/aromatic N) is 2. The topological polar surface area (TPSA) is 120 Å². The molecule has 0 radical (unpaired) electrons. The first-order valence-corrected chi connectivity index (χ1v) is 10.3. The summed E-state index contributed by atoms with van der Waals surface area (Å²) < 4.78 is 7.11. The average Bonchev–Trinajstić information content (AvgIpc) is 3.33. The number of rotatable bonds is 4. The Morgan fingerprint density at radius 3 is 2.53 bits per heavy atom. The number of carbonyl (C=O) groups excluding carboxylic acids is 2. The number of fused-ring (bicyclic) bond motifs is 2. The number of nitrogen functional groups attached to an aromatic ring is 1. The molecule has 8 heteroatoms. The van der Waals surface area contributed by atoms with Gasteiger partial charge in [0, 0.05) is 11.6 Å². The first-order chi connectivity index (χ1) is 15.4. The van der Waals surface area contributed by atoms with Crippen LogP contribution in [0.3, 0.4) is 0 Å². The molecule has 8 nitrogen and oxygen atoms in total. The van der Waals surface area contributed by atoms with Gasteiger partial charge in [0.2, 0.25) is 5.89 Å². The summed E-state index contributed by atoms with van der Waals surface area (Å²) in [5, 5.41) is 2.16. The van der Waals surface area contributed by atoms with E-state index in [0.717, 1.165) is 23.6 Å². The maximum Gasteiger partial charge on any atom is 0.262 e. The number of anilines is 1. The summed E-state index contributed by atoms with van der Waals surface area (Å²) in [5.41, 5.74) is 9.48. The van der Waals surface area contributed by atoms with Crippen LogP contribution >= 0.6 is 0 Å². The van der Waals surface area contributed by atoms with Crippen molar-refractivity contribution in [2.75, 3.05) is 5.73 Å². The largest absolute Gasteiger partial charge is 0.436 e. The Morgan fingerprint density at radius 2 is 1.81 bits per heavy atom. The van der Waals surface area contributed by atoms with Gasteiger partial charge in [-0.15, -0.1) is 0 Å². The molecule has 5 rings (SSSR count). The lowest BCUT2D eigenvalue weighted by Crippen LogP contribution is -2.24. The van der Waals surface area contributed by atoms with Crippen LogP contribution in [-0.2, 0) is 0 Å². The zero-order valence-corrected chi connectivity index (χ0v) is 17.5. The molecule has 0 fully saturated rings. The van der Waals surface area contributed by atoms with E-state index in [0.29, 0.717) is 23.1 Å². The minimum absolute atomic E-state index is 0.00592. The van der Waals surface area contributed by atoms with Crippen molar-refractivity contribution in [2.45, 2.75) is 26.2 Å². The van der Waals surface area contributed by atoms with Gasteiger partial charge in [-0.05, 0) is 54.3 Å². The molecule has 0 aliphatic carbocycles. The average molecular weight is 428 g/mol. The highest BCUT2D eigenvalue weighted by molar-refractivity contribution is 6.23. The van der Waals surface area contributed by atoms with Gasteiger partial charge in [0.25, 0.3) is 17.4 Å². The lowest BCUT2D eigenvalue weighted by molar-refractivity contribution is 0.0880. The van der Waals surface area contributed by atoms with Crippen LogP contribution < -0.4 is 16.6 Å². The maximum absolute atomic E-state index is 12.6. The molecule has 0 bridgehead atoms. The van der Waals surface area contributed by atoms with E-state index in [9.17, 15) is 14.4 Å². The number of oxazole rings is 1. The molecule has 1 atom stereocenters. The fourth-order valence-corrected chi connectivity index (χ4v) is 3.91. The van der Waals surface area contributed by atoms with Crippen LogP contribution in [0.15, 0.2) is 57.7 Å². The molecule has 32 heavy (non-hydrogen) atoms. The summed E-state index contributed by atoms with van der Waals surface area (Å²) >= 11 is 0. The number of nitrogens with one attached hydrogen (secondary N) is 1. The van der Waals surface area contributed by atoms with Crippen LogP contribution in [0, 0.1) is 0 Å². The van der Waals surface area contributed by atoms with Gasteiger partial charge in [-0.3, -0.25) is 24.3 Å². The summed E-state index contributed by atoms with van der Waals surface area (Å²) in [7, 11) is 0. The van der Waals surface area contributed by atoms with E-state index in [1.165, 1.54) is 10.1 Å². The number of aromatic nitrogens is 2. The van der Waals surface area contributed by atoms with E-state index in [1.54, 1.807) is 24.3 Å². The second kappa shape index (κ2) is 7.19. The Balaban J connectivity index is 1.53. The van der Waals surface area contributed by atoms with E-state index < -0.39 is 17.4 Å². The lowest BCUT2D eigenvalue weighted by Gasteiger charge is -2.12. The molecule has 4 aromatic rings. The minimum Gasteiger partial charge on any atom is -0.436 e. The Kier molecular flexibility index (Phi) is 4.44. The van der Waals surface area contributed by atoms with E-state index in [1.807, 2.05) is 12.1 Å². The lowest BCUT2D eigenvalue weighted by atomic mass is 9.98. The van der Waals surface area contributed by atoms with Crippen LogP contribution in [-0.4, -0.2) is 21.4 Å². The molecule has 1 aliphatic heterocycles. The van der Waals surface area contributed by atoms with Gasteiger partial charge in [-0.1, -0.05) is 19.9 Å². The van der Waals surface area contributed by atoms with Crippen molar-refractivity contribution in [3.63, 3.8) is 0 Å². The van der Waals surface area contributed by atoms with Gasteiger partial charge in [-0.2, -0.15) is 0 Å². The third-order valence-electron chi connectivity index (χ3n) is 5.92. The molecule has 2 aromatic carbocycles. The molecule has 1 aliphatic rings. The highest BCUT2D eigenvalue weighted by Crippen LogP contribution is 2.29. The zero-order chi connectivity index (χ0) is 22.6. The van der Waals surface area contributed by atoms with Crippen molar-refractivity contribution in [1.29, 1.82) is 0 Å². The number of nitrogens with two attached hydrogens (primary N) is 1. The SMILES string of the molecule is CCC(C)c1ccc2oc(-c3ccc(-n4c(N)c5c(cc4=O)C(=O)NC5=O)cc3)nc2c1. The van der Waals surface area contributed by atoms with Crippen LogP contribution in [0.2, 0.25) is 0 Å². The molecule has 0 saturated carbocycles. The third kappa shape index (κ3) is 2.99. The van der Waals surface area contributed by atoms with Gasteiger partial charge in [-0.25, -0.2) is 4.98 Å². The summed E-state index contributed by atoms with van der Waals surface area (Å²) in [6.07, 6.45) is 1.04. The first kappa shape index (κ1) is 19.7. The van der Waals surface area contributed by atoms with Gasteiger partial charge in [0.1, 0.15) is 11.3 Å². The highest BCUT2D eigenvalue weighted by atomic mass is 16.3. The Bertz CT molecular complexity index is 1460. The maximum atomic E-state index is 12.6. The first-order valence-electron chi connectivity index (χ1n) is 10.3. The number of benzene rings is 2. The molecule has 3 N–H and O–H groups in total. The number of pyridine rings is 1. The van der Waals surface area contributed by atoms with Gasteiger partial charge >= 0.3 is 0 Å². The molecule has 1 unspecified atom stereocenters.